The summed E-state index contributed by atoms with van der Waals surface area (Å²) < 4.78 is 0. The van der Waals surface area contributed by atoms with Crippen LogP contribution in [0.4, 0.5) is 0 Å². The lowest BCUT2D eigenvalue weighted by Crippen LogP contribution is -2.31. The molecular weight excluding hydrogens is 362 g/mol. The van der Waals surface area contributed by atoms with E-state index in [2.05, 4.69) is 17.0 Å². The Balaban J connectivity index is 1.92. The highest BCUT2D eigenvalue weighted by Crippen LogP contribution is 2.32. The van der Waals surface area contributed by atoms with Gasteiger partial charge in [-0.2, -0.15) is 0 Å². The van der Waals surface area contributed by atoms with Crippen molar-refractivity contribution >= 4 is 11.6 Å². The first-order chi connectivity index (χ1) is 13.7. The van der Waals surface area contributed by atoms with E-state index in [4.69, 9.17) is 0 Å². The average molecular weight is 394 g/mol. The number of Topliss-reactive ketones (excluding diaryl/α,β-unsaturated/α-hetero) is 2. The van der Waals surface area contributed by atoms with Crippen molar-refractivity contribution in [3.8, 4) is 0 Å². The maximum absolute atomic E-state index is 12.3. The summed E-state index contributed by atoms with van der Waals surface area (Å²) in [7, 11) is 0. The molecule has 3 rings (SSSR count). The van der Waals surface area contributed by atoms with Crippen LogP contribution in [-0.2, 0) is 0 Å². The molecule has 0 aliphatic carbocycles. The van der Waals surface area contributed by atoms with E-state index in [9.17, 15) is 14.7 Å². The number of benzene rings is 2. The van der Waals surface area contributed by atoms with Crippen molar-refractivity contribution in [3.63, 3.8) is 0 Å². The lowest BCUT2D eigenvalue weighted by atomic mass is 9.91. The van der Waals surface area contributed by atoms with Crippen molar-refractivity contribution in [2.75, 3.05) is 13.1 Å². The van der Waals surface area contributed by atoms with Crippen molar-refractivity contribution in [2.24, 2.45) is 5.92 Å². The highest BCUT2D eigenvalue weighted by Gasteiger charge is 2.28. The minimum atomic E-state index is -1.38. The lowest BCUT2D eigenvalue weighted by molar-refractivity contribution is 0.0488. The maximum Gasteiger partial charge on any atom is 0.193 e. The molecule has 0 radical (unpaired) electrons. The highest BCUT2D eigenvalue weighted by atomic mass is 16.3. The van der Waals surface area contributed by atoms with Gasteiger partial charge >= 0.3 is 0 Å². The van der Waals surface area contributed by atoms with Gasteiger partial charge in [0.1, 0.15) is 5.60 Å². The normalized spacial score (nSPS) is 16.2. The molecule has 1 heterocycles. The number of ketones is 2. The predicted molar refractivity (Wildman–Crippen MR) is 115 cm³/mol. The summed E-state index contributed by atoms with van der Waals surface area (Å²) in [4.78, 5) is 27.1. The minimum Gasteiger partial charge on any atom is -0.382 e. The first kappa shape index (κ1) is 21.4. The van der Waals surface area contributed by atoms with Gasteiger partial charge in [0.15, 0.2) is 11.6 Å². The molecule has 0 saturated carbocycles. The third-order valence-electron chi connectivity index (χ3n) is 5.59. The molecule has 2 aromatic rings. The van der Waals surface area contributed by atoms with Crippen molar-refractivity contribution in [3.05, 3.63) is 70.8 Å². The molecule has 2 aromatic carbocycles. The second kappa shape index (κ2) is 8.60. The van der Waals surface area contributed by atoms with Crippen LogP contribution in [0.1, 0.15) is 78.4 Å². The molecule has 1 atom stereocenters. The molecule has 0 bridgehead atoms. The summed E-state index contributed by atoms with van der Waals surface area (Å²) >= 11 is 0. The van der Waals surface area contributed by atoms with Gasteiger partial charge in [0.05, 0.1) is 6.04 Å². The third-order valence-corrected chi connectivity index (χ3v) is 5.59. The van der Waals surface area contributed by atoms with Crippen molar-refractivity contribution in [2.45, 2.75) is 52.2 Å². The average Bonchev–Trinajstić information content (AvgIpc) is 3.21. The van der Waals surface area contributed by atoms with Gasteiger partial charge in [0.25, 0.3) is 0 Å². The fourth-order valence-electron chi connectivity index (χ4n) is 3.95. The first-order valence-corrected chi connectivity index (χ1v) is 10.4. The Morgan fingerprint density at radius 1 is 0.862 bits per heavy atom. The Morgan fingerprint density at radius 2 is 1.31 bits per heavy atom. The van der Waals surface area contributed by atoms with Crippen molar-refractivity contribution in [1.82, 2.24) is 4.90 Å². The molecular formula is C25H31NO3. The summed E-state index contributed by atoms with van der Waals surface area (Å²) in [6.07, 6.45) is 2.35. The van der Waals surface area contributed by atoms with Gasteiger partial charge in [-0.25, -0.2) is 0 Å². The zero-order valence-electron chi connectivity index (χ0n) is 17.8. The SMILES string of the molecule is CC(C)C(=O)c1ccc(C(c2ccc(C(=O)C(C)(C)O)cc2)N2CCCC2)cc1. The predicted octanol–water partition coefficient (Wildman–Crippen LogP) is 4.66. The Morgan fingerprint density at radius 3 is 1.72 bits per heavy atom. The standard InChI is InChI=1S/C25H31NO3/c1-17(2)23(27)20-11-7-18(8-12-20)22(26-15-5-6-16-26)19-9-13-21(14-10-19)24(28)25(3,4)29/h7-14,17,22,29H,5-6,15-16H2,1-4H3. The molecule has 29 heavy (non-hydrogen) atoms. The van der Waals surface area contributed by atoms with Crippen LogP contribution in [0.15, 0.2) is 48.5 Å². The minimum absolute atomic E-state index is 0.0175. The molecule has 0 amide bonds. The fourth-order valence-corrected chi connectivity index (χ4v) is 3.95. The van der Waals surface area contributed by atoms with E-state index in [1.807, 2.05) is 38.1 Å². The van der Waals surface area contributed by atoms with E-state index in [-0.39, 0.29) is 23.5 Å². The molecule has 1 fully saturated rings. The van der Waals surface area contributed by atoms with Crippen molar-refractivity contribution in [1.29, 1.82) is 0 Å². The fraction of sp³-hybridized carbons (Fsp3) is 0.440. The third kappa shape index (κ3) is 4.82. The van der Waals surface area contributed by atoms with E-state index in [1.54, 1.807) is 12.1 Å². The second-order valence-corrected chi connectivity index (χ2v) is 8.80. The highest BCUT2D eigenvalue weighted by molar-refractivity contribution is 6.01. The zero-order valence-corrected chi connectivity index (χ0v) is 17.8. The van der Waals surface area contributed by atoms with Crippen LogP contribution in [-0.4, -0.2) is 40.3 Å². The van der Waals surface area contributed by atoms with Gasteiger partial charge in [-0.15, -0.1) is 0 Å². The van der Waals surface area contributed by atoms with E-state index in [0.29, 0.717) is 5.56 Å². The summed E-state index contributed by atoms with van der Waals surface area (Å²) in [5.74, 6) is -0.141. The Bertz CT molecular complexity index is 854. The van der Waals surface area contributed by atoms with E-state index in [0.717, 1.165) is 29.8 Å². The number of likely N-dealkylation sites (tertiary alicyclic amines) is 1. The smallest absolute Gasteiger partial charge is 0.193 e. The van der Waals surface area contributed by atoms with E-state index in [1.165, 1.54) is 26.7 Å². The molecule has 4 nitrogen and oxygen atoms in total. The topological polar surface area (TPSA) is 57.6 Å². The Hall–Kier alpha value is -2.30. The molecule has 0 aromatic heterocycles. The van der Waals surface area contributed by atoms with E-state index >= 15 is 0 Å². The molecule has 154 valence electrons. The molecule has 4 heteroatoms. The van der Waals surface area contributed by atoms with Crippen LogP contribution < -0.4 is 0 Å². The summed E-state index contributed by atoms with van der Waals surface area (Å²) in [6, 6.07) is 15.6. The summed E-state index contributed by atoms with van der Waals surface area (Å²) in [5, 5.41) is 9.99. The largest absolute Gasteiger partial charge is 0.382 e. The van der Waals surface area contributed by atoms with Crippen LogP contribution in [0.5, 0.6) is 0 Å². The van der Waals surface area contributed by atoms with Crippen LogP contribution in [0.2, 0.25) is 0 Å². The number of hydrogen-bond acceptors (Lipinski definition) is 4. The molecule has 1 unspecified atom stereocenters. The second-order valence-electron chi connectivity index (χ2n) is 8.80. The monoisotopic (exact) mass is 393 g/mol. The zero-order chi connectivity index (χ0) is 21.2. The van der Waals surface area contributed by atoms with Crippen molar-refractivity contribution < 1.29 is 14.7 Å². The molecule has 1 aliphatic heterocycles. The molecule has 1 saturated heterocycles. The van der Waals surface area contributed by atoms with Gasteiger partial charge in [-0.1, -0.05) is 62.4 Å². The van der Waals surface area contributed by atoms with Crippen LogP contribution >= 0.6 is 0 Å². The maximum atomic E-state index is 12.3. The Labute approximate surface area is 173 Å². The summed E-state index contributed by atoms with van der Waals surface area (Å²) in [5.41, 5.74) is 2.14. The van der Waals surface area contributed by atoms with Gasteiger partial charge < -0.3 is 5.11 Å². The van der Waals surface area contributed by atoms with Gasteiger partial charge in [0, 0.05) is 17.0 Å². The van der Waals surface area contributed by atoms with Gasteiger partial charge in [0.2, 0.25) is 0 Å². The molecule has 1 N–H and O–H groups in total. The number of carbonyl (C=O) groups is 2. The van der Waals surface area contributed by atoms with E-state index < -0.39 is 5.60 Å². The molecule has 0 spiro atoms. The van der Waals surface area contributed by atoms with Crippen LogP contribution in [0, 0.1) is 5.92 Å². The Kier molecular flexibility index (Phi) is 6.35. The van der Waals surface area contributed by atoms with Gasteiger partial charge in [-0.3, -0.25) is 14.5 Å². The van der Waals surface area contributed by atoms with Gasteiger partial charge in [-0.05, 0) is 50.9 Å². The molecule has 1 aliphatic rings. The number of hydrogen-bond donors (Lipinski definition) is 1. The number of rotatable bonds is 7. The number of aliphatic hydroxyl groups is 1. The first-order valence-electron chi connectivity index (χ1n) is 10.4. The summed E-state index contributed by atoms with van der Waals surface area (Å²) in [6.45, 7) is 8.91. The lowest BCUT2D eigenvalue weighted by Gasteiger charge is -2.29. The van der Waals surface area contributed by atoms with Crippen LogP contribution in [0.3, 0.4) is 0 Å². The van der Waals surface area contributed by atoms with Crippen LogP contribution in [0.25, 0.3) is 0 Å². The number of nitrogens with zero attached hydrogens (tertiary/aromatic N) is 1. The number of carbonyl (C=O) groups excluding carboxylic acids is 2. The quantitative estimate of drug-likeness (QED) is 0.695.